The number of halogens is 1. The summed E-state index contributed by atoms with van der Waals surface area (Å²) in [7, 11) is 4.44. The fourth-order valence-electron chi connectivity index (χ4n) is 1.73. The van der Waals surface area contributed by atoms with Gasteiger partial charge in [0.15, 0.2) is 0 Å². The van der Waals surface area contributed by atoms with Crippen LogP contribution in [-0.2, 0) is 4.74 Å². The normalized spacial score (nSPS) is 10.2. The maximum Gasteiger partial charge on any atom is 0.356 e. The van der Waals surface area contributed by atoms with Crippen molar-refractivity contribution in [2.45, 2.75) is 0 Å². The zero-order valence-electron chi connectivity index (χ0n) is 11.2. The predicted molar refractivity (Wildman–Crippen MR) is 76.2 cm³/mol. The highest BCUT2D eigenvalue weighted by atomic mass is 79.9. The standard InChI is InChI=1S/C13H13BrN2O4/c1-18-11-5-8(14)12(19-2)4-7(11)9-6-10(16-15-9)13(17)20-3/h4-6H,1-3H3,(H,15,16). The van der Waals surface area contributed by atoms with Crippen molar-refractivity contribution in [3.8, 4) is 22.8 Å². The van der Waals surface area contributed by atoms with Crippen LogP contribution in [0.1, 0.15) is 10.5 Å². The summed E-state index contributed by atoms with van der Waals surface area (Å²) in [6.45, 7) is 0. The average Bonchev–Trinajstić information content (AvgIpc) is 2.95. The van der Waals surface area contributed by atoms with Gasteiger partial charge in [0.2, 0.25) is 0 Å². The fraction of sp³-hybridized carbons (Fsp3) is 0.231. The van der Waals surface area contributed by atoms with Crippen LogP contribution < -0.4 is 9.47 Å². The Labute approximate surface area is 124 Å². The number of H-pyrrole nitrogens is 1. The van der Waals surface area contributed by atoms with Crippen molar-refractivity contribution in [2.24, 2.45) is 0 Å². The first kappa shape index (κ1) is 14.4. The van der Waals surface area contributed by atoms with Gasteiger partial charge in [0.05, 0.1) is 31.5 Å². The molecule has 0 bridgehead atoms. The first-order valence-electron chi connectivity index (χ1n) is 5.66. The summed E-state index contributed by atoms with van der Waals surface area (Å²) in [6, 6.07) is 5.15. The number of nitrogens with one attached hydrogen (secondary N) is 1. The summed E-state index contributed by atoms with van der Waals surface area (Å²) in [5.74, 6) is 0.774. The number of hydrogen-bond donors (Lipinski definition) is 1. The van der Waals surface area contributed by atoms with Gasteiger partial charge in [-0.25, -0.2) is 4.79 Å². The molecular formula is C13H13BrN2O4. The van der Waals surface area contributed by atoms with Crippen LogP contribution in [0.15, 0.2) is 22.7 Å². The summed E-state index contributed by atoms with van der Waals surface area (Å²) in [5.41, 5.74) is 1.54. The van der Waals surface area contributed by atoms with E-state index in [1.54, 1.807) is 32.4 Å². The van der Waals surface area contributed by atoms with Gasteiger partial charge in [-0.3, -0.25) is 5.10 Å². The van der Waals surface area contributed by atoms with Gasteiger partial charge in [-0.1, -0.05) is 0 Å². The number of benzene rings is 1. The molecule has 0 aliphatic carbocycles. The molecule has 0 amide bonds. The molecule has 1 N–H and O–H groups in total. The Morgan fingerprint density at radius 3 is 2.45 bits per heavy atom. The average molecular weight is 341 g/mol. The Balaban J connectivity index is 2.50. The molecule has 106 valence electrons. The lowest BCUT2D eigenvalue weighted by Gasteiger charge is -2.10. The summed E-state index contributed by atoms with van der Waals surface area (Å²) in [5, 5.41) is 6.72. The van der Waals surface area contributed by atoms with Gasteiger partial charge in [-0.2, -0.15) is 5.10 Å². The smallest absolute Gasteiger partial charge is 0.356 e. The van der Waals surface area contributed by atoms with E-state index in [-0.39, 0.29) is 5.69 Å². The van der Waals surface area contributed by atoms with Crippen LogP contribution in [-0.4, -0.2) is 37.5 Å². The molecule has 0 saturated carbocycles. The van der Waals surface area contributed by atoms with E-state index in [0.29, 0.717) is 22.8 Å². The van der Waals surface area contributed by atoms with Crippen molar-refractivity contribution in [3.63, 3.8) is 0 Å². The molecule has 20 heavy (non-hydrogen) atoms. The maximum atomic E-state index is 11.4. The molecule has 0 radical (unpaired) electrons. The van der Waals surface area contributed by atoms with Crippen LogP contribution in [0.4, 0.5) is 0 Å². The van der Waals surface area contributed by atoms with Crippen LogP contribution in [0.5, 0.6) is 11.5 Å². The minimum absolute atomic E-state index is 0.270. The summed E-state index contributed by atoms with van der Waals surface area (Å²) >= 11 is 3.39. The Morgan fingerprint density at radius 1 is 1.15 bits per heavy atom. The second-order valence-electron chi connectivity index (χ2n) is 3.85. The third-order valence-electron chi connectivity index (χ3n) is 2.73. The van der Waals surface area contributed by atoms with Crippen LogP contribution in [0.2, 0.25) is 0 Å². The monoisotopic (exact) mass is 340 g/mol. The number of aromatic nitrogens is 2. The molecule has 1 heterocycles. The van der Waals surface area contributed by atoms with E-state index in [1.807, 2.05) is 0 Å². The van der Waals surface area contributed by atoms with E-state index in [1.165, 1.54) is 7.11 Å². The number of carbonyl (C=O) groups excluding carboxylic acids is 1. The first-order chi connectivity index (χ1) is 9.60. The van der Waals surface area contributed by atoms with Gasteiger partial charge in [0.25, 0.3) is 0 Å². The van der Waals surface area contributed by atoms with Crippen LogP contribution >= 0.6 is 15.9 Å². The number of hydrogen-bond acceptors (Lipinski definition) is 5. The number of aromatic amines is 1. The van der Waals surface area contributed by atoms with Crippen molar-refractivity contribution >= 4 is 21.9 Å². The van der Waals surface area contributed by atoms with E-state index >= 15 is 0 Å². The third kappa shape index (κ3) is 2.62. The van der Waals surface area contributed by atoms with E-state index in [4.69, 9.17) is 9.47 Å². The molecule has 0 saturated heterocycles. The molecular weight excluding hydrogens is 328 g/mol. The van der Waals surface area contributed by atoms with Crippen molar-refractivity contribution in [2.75, 3.05) is 21.3 Å². The van der Waals surface area contributed by atoms with Gasteiger partial charge in [-0.15, -0.1) is 0 Å². The number of rotatable bonds is 4. The molecule has 2 rings (SSSR count). The molecule has 1 aromatic heterocycles. The van der Waals surface area contributed by atoms with Crippen LogP contribution in [0.3, 0.4) is 0 Å². The summed E-state index contributed by atoms with van der Waals surface area (Å²) in [6.07, 6.45) is 0. The highest BCUT2D eigenvalue weighted by Crippen LogP contribution is 2.38. The van der Waals surface area contributed by atoms with Crippen LogP contribution in [0.25, 0.3) is 11.3 Å². The number of nitrogens with zero attached hydrogens (tertiary/aromatic N) is 1. The van der Waals surface area contributed by atoms with Gasteiger partial charge in [0, 0.05) is 5.56 Å². The van der Waals surface area contributed by atoms with Gasteiger partial charge in [-0.05, 0) is 34.1 Å². The molecule has 2 aromatic rings. The number of methoxy groups -OCH3 is 3. The lowest BCUT2D eigenvalue weighted by molar-refractivity contribution is 0.0594. The summed E-state index contributed by atoms with van der Waals surface area (Å²) < 4.78 is 16.0. The Hall–Kier alpha value is -2.02. The van der Waals surface area contributed by atoms with Gasteiger partial charge >= 0.3 is 5.97 Å². The molecule has 0 atom stereocenters. The molecule has 7 heteroatoms. The Bertz CT molecular complexity index is 639. The molecule has 1 aromatic carbocycles. The van der Waals surface area contributed by atoms with Crippen LogP contribution in [0, 0.1) is 0 Å². The van der Waals surface area contributed by atoms with E-state index in [2.05, 4.69) is 30.9 Å². The van der Waals surface area contributed by atoms with E-state index < -0.39 is 5.97 Å². The van der Waals surface area contributed by atoms with Gasteiger partial charge in [0.1, 0.15) is 17.2 Å². The minimum Gasteiger partial charge on any atom is -0.496 e. The van der Waals surface area contributed by atoms with Crippen molar-refractivity contribution in [3.05, 3.63) is 28.4 Å². The Morgan fingerprint density at radius 2 is 1.85 bits per heavy atom. The van der Waals surface area contributed by atoms with E-state index in [9.17, 15) is 4.79 Å². The Kier molecular flexibility index (Phi) is 4.29. The second-order valence-corrected chi connectivity index (χ2v) is 4.70. The molecule has 0 aliphatic heterocycles. The zero-order valence-corrected chi connectivity index (χ0v) is 12.8. The number of ether oxygens (including phenoxy) is 3. The highest BCUT2D eigenvalue weighted by molar-refractivity contribution is 9.10. The summed E-state index contributed by atoms with van der Waals surface area (Å²) in [4.78, 5) is 11.4. The molecule has 0 fully saturated rings. The molecule has 6 nitrogen and oxygen atoms in total. The second kappa shape index (κ2) is 5.96. The molecule has 0 aliphatic rings. The van der Waals surface area contributed by atoms with Crippen molar-refractivity contribution < 1.29 is 19.0 Å². The molecule has 0 spiro atoms. The quantitative estimate of drug-likeness (QED) is 0.866. The lowest BCUT2D eigenvalue weighted by atomic mass is 10.1. The predicted octanol–water partition coefficient (Wildman–Crippen LogP) is 2.64. The zero-order chi connectivity index (χ0) is 14.7. The largest absolute Gasteiger partial charge is 0.496 e. The third-order valence-corrected chi connectivity index (χ3v) is 3.35. The molecule has 0 unspecified atom stereocenters. The lowest BCUT2D eigenvalue weighted by Crippen LogP contribution is -2.00. The fourth-order valence-corrected chi connectivity index (χ4v) is 2.22. The van der Waals surface area contributed by atoms with Crippen molar-refractivity contribution in [1.82, 2.24) is 10.2 Å². The van der Waals surface area contributed by atoms with Crippen molar-refractivity contribution in [1.29, 1.82) is 0 Å². The first-order valence-corrected chi connectivity index (χ1v) is 6.45. The SMILES string of the molecule is COC(=O)c1cc(-c2cc(OC)c(Br)cc2OC)n[nH]1. The van der Waals surface area contributed by atoms with E-state index in [0.717, 1.165) is 4.47 Å². The number of carbonyl (C=O) groups is 1. The topological polar surface area (TPSA) is 73.4 Å². The minimum atomic E-state index is -0.480. The number of esters is 1. The van der Waals surface area contributed by atoms with Gasteiger partial charge < -0.3 is 14.2 Å². The maximum absolute atomic E-state index is 11.4. The highest BCUT2D eigenvalue weighted by Gasteiger charge is 2.16.